The van der Waals surface area contributed by atoms with Gasteiger partial charge < -0.3 is 15.5 Å². The predicted octanol–water partition coefficient (Wildman–Crippen LogP) is 2.37. The highest BCUT2D eigenvalue weighted by molar-refractivity contribution is 5.95. The Labute approximate surface area is 146 Å². The second-order valence-electron chi connectivity index (χ2n) is 6.70. The lowest BCUT2D eigenvalue weighted by Gasteiger charge is -2.11. The molecule has 0 fully saturated rings. The molecule has 1 aliphatic rings. The van der Waals surface area contributed by atoms with Crippen LogP contribution >= 0.6 is 0 Å². The summed E-state index contributed by atoms with van der Waals surface area (Å²) in [7, 11) is 0. The minimum Gasteiger partial charge on any atom is -0.504 e. The number of amides is 1. The zero-order valence-electron chi connectivity index (χ0n) is 14.4. The van der Waals surface area contributed by atoms with Crippen LogP contribution in [0.4, 0.5) is 0 Å². The standard InChI is InChI=1S/C19H23N3O3/c1-12(2)14-4-3-5-16(9-14)22-10-17(24)18(21-22)19(25)20-15-7-6-13(8-15)11-23/h3-7,9-10,12-13,15,23-24H,8,11H2,1-2H3,(H,20,25)/t13-,15+/m0/s1. The van der Waals surface area contributed by atoms with Crippen LogP contribution in [0, 0.1) is 5.92 Å². The second-order valence-corrected chi connectivity index (χ2v) is 6.70. The van der Waals surface area contributed by atoms with Gasteiger partial charge in [0.05, 0.1) is 11.9 Å². The van der Waals surface area contributed by atoms with Gasteiger partial charge in [0.1, 0.15) is 0 Å². The van der Waals surface area contributed by atoms with Gasteiger partial charge in [-0.1, -0.05) is 38.1 Å². The van der Waals surface area contributed by atoms with Crippen molar-refractivity contribution < 1.29 is 15.0 Å². The first-order valence-corrected chi connectivity index (χ1v) is 8.47. The Kier molecular flexibility index (Phi) is 4.90. The molecule has 0 bridgehead atoms. The Morgan fingerprint density at radius 3 is 2.88 bits per heavy atom. The number of aliphatic hydroxyl groups is 1. The van der Waals surface area contributed by atoms with Gasteiger partial charge in [0.15, 0.2) is 11.4 Å². The Morgan fingerprint density at radius 1 is 1.40 bits per heavy atom. The second kappa shape index (κ2) is 7.11. The molecule has 6 nitrogen and oxygen atoms in total. The first-order valence-electron chi connectivity index (χ1n) is 8.47. The average molecular weight is 341 g/mol. The maximum Gasteiger partial charge on any atom is 0.276 e. The summed E-state index contributed by atoms with van der Waals surface area (Å²) in [5, 5.41) is 26.3. The molecular formula is C19H23N3O3. The molecule has 1 aliphatic carbocycles. The van der Waals surface area contributed by atoms with Gasteiger partial charge in [-0.25, -0.2) is 4.68 Å². The number of aliphatic hydroxyl groups excluding tert-OH is 1. The summed E-state index contributed by atoms with van der Waals surface area (Å²) < 4.78 is 1.51. The third-order valence-corrected chi connectivity index (χ3v) is 4.43. The quantitative estimate of drug-likeness (QED) is 0.729. The number of carbonyl (C=O) groups is 1. The van der Waals surface area contributed by atoms with E-state index in [-0.39, 0.29) is 30.0 Å². The molecule has 0 radical (unpaired) electrons. The minimum absolute atomic E-state index is 0.00389. The van der Waals surface area contributed by atoms with E-state index < -0.39 is 5.91 Å². The van der Waals surface area contributed by atoms with E-state index in [1.165, 1.54) is 10.9 Å². The Hall–Kier alpha value is -2.60. The van der Waals surface area contributed by atoms with Gasteiger partial charge in [-0.3, -0.25) is 4.79 Å². The Morgan fingerprint density at radius 2 is 2.20 bits per heavy atom. The van der Waals surface area contributed by atoms with Gasteiger partial charge in [0.2, 0.25) is 0 Å². The molecule has 1 amide bonds. The SMILES string of the molecule is CC(C)c1cccc(-n2cc(O)c(C(=O)N[C@@H]3C=C[C@H](CO)C3)n2)c1. The summed E-state index contributed by atoms with van der Waals surface area (Å²) in [4.78, 5) is 12.4. The number of nitrogens with zero attached hydrogens (tertiary/aromatic N) is 2. The molecule has 1 heterocycles. The highest BCUT2D eigenvalue weighted by atomic mass is 16.3. The van der Waals surface area contributed by atoms with Crippen molar-refractivity contribution >= 4 is 5.91 Å². The first-order chi connectivity index (χ1) is 12.0. The van der Waals surface area contributed by atoms with Gasteiger partial charge in [-0.15, -0.1) is 0 Å². The molecule has 0 spiro atoms. The van der Waals surface area contributed by atoms with Crippen molar-refractivity contribution in [3.63, 3.8) is 0 Å². The van der Waals surface area contributed by atoms with Gasteiger partial charge in [-0.2, -0.15) is 5.10 Å². The average Bonchev–Trinajstić information content (AvgIpc) is 3.21. The number of rotatable bonds is 5. The molecular weight excluding hydrogens is 318 g/mol. The number of aromatic nitrogens is 2. The van der Waals surface area contributed by atoms with Gasteiger partial charge >= 0.3 is 0 Å². The van der Waals surface area contributed by atoms with Crippen molar-refractivity contribution in [3.05, 3.63) is 53.9 Å². The molecule has 0 aliphatic heterocycles. The third kappa shape index (κ3) is 3.74. The van der Waals surface area contributed by atoms with E-state index in [1.807, 2.05) is 36.4 Å². The topological polar surface area (TPSA) is 87.4 Å². The zero-order chi connectivity index (χ0) is 18.0. The number of hydrogen-bond donors (Lipinski definition) is 3. The molecule has 3 rings (SSSR count). The van der Waals surface area contributed by atoms with E-state index >= 15 is 0 Å². The van der Waals surface area contributed by atoms with Crippen LogP contribution in [0.2, 0.25) is 0 Å². The smallest absolute Gasteiger partial charge is 0.276 e. The highest BCUT2D eigenvalue weighted by Crippen LogP contribution is 2.22. The van der Waals surface area contributed by atoms with Crippen LogP contribution in [-0.4, -0.2) is 38.5 Å². The van der Waals surface area contributed by atoms with Crippen molar-refractivity contribution in [2.45, 2.75) is 32.2 Å². The third-order valence-electron chi connectivity index (χ3n) is 4.43. The van der Waals surface area contributed by atoms with E-state index in [4.69, 9.17) is 5.11 Å². The summed E-state index contributed by atoms with van der Waals surface area (Å²) in [5.41, 5.74) is 1.95. The molecule has 2 aromatic rings. The summed E-state index contributed by atoms with van der Waals surface area (Å²) in [6, 6.07) is 7.69. The highest BCUT2D eigenvalue weighted by Gasteiger charge is 2.23. The lowest BCUT2D eigenvalue weighted by molar-refractivity contribution is 0.0933. The molecule has 3 N–H and O–H groups in total. The van der Waals surface area contributed by atoms with Crippen molar-refractivity contribution in [1.29, 1.82) is 0 Å². The number of carbonyl (C=O) groups excluding carboxylic acids is 1. The zero-order valence-corrected chi connectivity index (χ0v) is 14.4. The molecule has 1 aromatic carbocycles. The van der Waals surface area contributed by atoms with Crippen LogP contribution in [0.25, 0.3) is 5.69 Å². The number of nitrogens with one attached hydrogen (secondary N) is 1. The number of benzene rings is 1. The van der Waals surface area contributed by atoms with Crippen molar-refractivity contribution in [2.75, 3.05) is 6.61 Å². The largest absolute Gasteiger partial charge is 0.504 e. The molecule has 1 aromatic heterocycles. The van der Waals surface area contributed by atoms with Crippen LogP contribution in [0.15, 0.2) is 42.6 Å². The van der Waals surface area contributed by atoms with E-state index in [1.54, 1.807) is 0 Å². The molecule has 0 saturated heterocycles. The fourth-order valence-corrected chi connectivity index (χ4v) is 2.94. The van der Waals surface area contributed by atoms with Crippen LogP contribution in [-0.2, 0) is 0 Å². The number of aromatic hydroxyl groups is 1. The Bertz CT molecular complexity index is 795. The lowest BCUT2D eigenvalue weighted by Crippen LogP contribution is -2.33. The normalized spacial score (nSPS) is 19.5. The number of hydrogen-bond acceptors (Lipinski definition) is 4. The predicted molar refractivity (Wildman–Crippen MR) is 94.9 cm³/mol. The van der Waals surface area contributed by atoms with Crippen molar-refractivity contribution in [2.24, 2.45) is 5.92 Å². The van der Waals surface area contributed by atoms with Crippen LogP contribution < -0.4 is 5.32 Å². The molecule has 6 heteroatoms. The maximum atomic E-state index is 12.4. The maximum absolute atomic E-state index is 12.4. The van der Waals surface area contributed by atoms with E-state index in [0.717, 1.165) is 11.3 Å². The van der Waals surface area contributed by atoms with Gasteiger partial charge in [0, 0.05) is 18.6 Å². The molecule has 0 unspecified atom stereocenters. The molecule has 2 atom stereocenters. The fraction of sp³-hybridized carbons (Fsp3) is 0.368. The van der Waals surface area contributed by atoms with Gasteiger partial charge in [0.25, 0.3) is 5.91 Å². The summed E-state index contributed by atoms with van der Waals surface area (Å²) >= 11 is 0. The first kappa shape index (κ1) is 17.2. The fourth-order valence-electron chi connectivity index (χ4n) is 2.94. The Balaban J connectivity index is 1.77. The summed E-state index contributed by atoms with van der Waals surface area (Å²) in [6.07, 6.45) is 5.84. The van der Waals surface area contributed by atoms with E-state index in [9.17, 15) is 9.90 Å². The van der Waals surface area contributed by atoms with E-state index in [2.05, 4.69) is 24.3 Å². The monoisotopic (exact) mass is 341 g/mol. The van der Waals surface area contributed by atoms with Crippen molar-refractivity contribution in [1.82, 2.24) is 15.1 Å². The minimum atomic E-state index is -0.426. The summed E-state index contributed by atoms with van der Waals surface area (Å²) in [5.74, 6) is -0.145. The van der Waals surface area contributed by atoms with E-state index in [0.29, 0.717) is 12.3 Å². The van der Waals surface area contributed by atoms with Crippen molar-refractivity contribution in [3.8, 4) is 11.4 Å². The summed E-state index contributed by atoms with van der Waals surface area (Å²) in [6.45, 7) is 4.27. The molecule has 132 valence electrons. The van der Waals surface area contributed by atoms with Gasteiger partial charge in [-0.05, 0) is 30.0 Å². The molecule has 0 saturated carbocycles. The van der Waals surface area contributed by atoms with Crippen LogP contribution in [0.5, 0.6) is 5.75 Å². The lowest BCUT2D eigenvalue weighted by atomic mass is 10.0. The van der Waals surface area contributed by atoms with Crippen LogP contribution in [0.3, 0.4) is 0 Å². The molecule has 25 heavy (non-hydrogen) atoms. The van der Waals surface area contributed by atoms with Crippen LogP contribution in [0.1, 0.15) is 42.2 Å².